The maximum atomic E-state index is 12.4. The molecule has 2 aromatic rings. The van der Waals surface area contributed by atoms with E-state index >= 15 is 0 Å². The van der Waals surface area contributed by atoms with Gasteiger partial charge in [-0.3, -0.25) is 4.40 Å². The number of hydrogen-bond donors (Lipinski definition) is 2. The third-order valence-electron chi connectivity index (χ3n) is 3.18. The highest BCUT2D eigenvalue weighted by Gasteiger charge is 2.32. The molecule has 2 atom stereocenters. The van der Waals surface area contributed by atoms with Crippen molar-refractivity contribution in [1.29, 1.82) is 0 Å². The summed E-state index contributed by atoms with van der Waals surface area (Å²) in [6, 6.07) is -0.228. The van der Waals surface area contributed by atoms with Crippen molar-refractivity contribution in [3.05, 3.63) is 11.6 Å². The Hall–Kier alpha value is -1.16. The second-order valence-corrected chi connectivity index (χ2v) is 6.95. The van der Waals surface area contributed by atoms with Crippen LogP contribution in [-0.4, -0.2) is 36.6 Å². The summed E-state index contributed by atoms with van der Waals surface area (Å²) in [6.45, 7) is 2.41. The minimum Gasteiger partial charge on any atom is -0.381 e. The number of nitrogens with zero attached hydrogens (tertiary/aromatic N) is 2. The maximum Gasteiger partial charge on any atom is 0.260 e. The van der Waals surface area contributed by atoms with Gasteiger partial charge in [0.25, 0.3) is 10.0 Å². The van der Waals surface area contributed by atoms with Crippen molar-refractivity contribution in [2.24, 2.45) is 0 Å². The predicted molar refractivity (Wildman–Crippen MR) is 71.6 cm³/mol. The highest BCUT2D eigenvalue weighted by Crippen LogP contribution is 2.24. The summed E-state index contributed by atoms with van der Waals surface area (Å²) in [5.41, 5.74) is 5.72. The molecule has 1 aliphatic heterocycles. The third kappa shape index (κ3) is 2.12. The number of nitrogen functional groups attached to an aromatic ring is 1. The van der Waals surface area contributed by atoms with Crippen LogP contribution < -0.4 is 10.5 Å². The van der Waals surface area contributed by atoms with Crippen LogP contribution in [0.15, 0.2) is 16.6 Å². The summed E-state index contributed by atoms with van der Waals surface area (Å²) >= 11 is 1.34. The van der Waals surface area contributed by atoms with E-state index in [1.54, 1.807) is 11.6 Å². The quantitative estimate of drug-likeness (QED) is 0.857. The zero-order chi connectivity index (χ0) is 13.6. The number of nitrogens with one attached hydrogen (secondary N) is 1. The lowest BCUT2D eigenvalue weighted by Crippen LogP contribution is -2.39. The van der Waals surface area contributed by atoms with Gasteiger partial charge in [-0.05, 0) is 13.3 Å². The molecule has 1 fully saturated rings. The Morgan fingerprint density at radius 2 is 2.42 bits per heavy atom. The lowest BCUT2D eigenvalue weighted by molar-refractivity contribution is 0.117. The van der Waals surface area contributed by atoms with Crippen molar-refractivity contribution in [3.63, 3.8) is 0 Å². The Kier molecular flexibility index (Phi) is 3.01. The highest BCUT2D eigenvalue weighted by atomic mass is 32.2. The van der Waals surface area contributed by atoms with E-state index < -0.39 is 10.0 Å². The highest BCUT2D eigenvalue weighted by molar-refractivity contribution is 7.89. The molecule has 104 valence electrons. The first kappa shape index (κ1) is 12.9. The number of aromatic nitrogens is 2. The Balaban J connectivity index is 1.99. The molecule has 7 nitrogen and oxygen atoms in total. The molecule has 0 saturated carbocycles. The van der Waals surface area contributed by atoms with Crippen molar-refractivity contribution in [1.82, 2.24) is 14.1 Å². The molecule has 9 heteroatoms. The molecule has 19 heavy (non-hydrogen) atoms. The first-order valence-corrected chi connectivity index (χ1v) is 8.20. The minimum atomic E-state index is -3.71. The number of thiazole rings is 1. The van der Waals surface area contributed by atoms with Crippen LogP contribution in [0, 0.1) is 0 Å². The second-order valence-electron chi connectivity index (χ2n) is 4.45. The van der Waals surface area contributed by atoms with Crippen molar-refractivity contribution in [2.45, 2.75) is 30.5 Å². The molecule has 1 saturated heterocycles. The minimum absolute atomic E-state index is 0.00264. The number of nitrogens with two attached hydrogens (primary N) is 1. The molecule has 3 heterocycles. The Morgan fingerprint density at radius 3 is 3.11 bits per heavy atom. The van der Waals surface area contributed by atoms with Gasteiger partial charge >= 0.3 is 0 Å². The molecule has 0 spiro atoms. The van der Waals surface area contributed by atoms with E-state index in [9.17, 15) is 8.42 Å². The zero-order valence-electron chi connectivity index (χ0n) is 10.2. The molecule has 1 aliphatic rings. The van der Waals surface area contributed by atoms with Crippen LogP contribution in [0.4, 0.5) is 5.82 Å². The SMILES string of the molecule is CC1OCCC1NS(=O)(=O)c1c(N)nc2sccn12. The summed E-state index contributed by atoms with van der Waals surface area (Å²) in [7, 11) is -3.71. The zero-order valence-corrected chi connectivity index (χ0v) is 11.9. The van der Waals surface area contributed by atoms with E-state index in [0.29, 0.717) is 18.0 Å². The molecule has 0 bridgehead atoms. The number of ether oxygens (including phenoxy) is 1. The summed E-state index contributed by atoms with van der Waals surface area (Å²) in [6.07, 6.45) is 2.17. The number of imidazole rings is 1. The van der Waals surface area contributed by atoms with E-state index in [1.165, 1.54) is 15.7 Å². The number of rotatable bonds is 3. The van der Waals surface area contributed by atoms with E-state index in [4.69, 9.17) is 10.5 Å². The van der Waals surface area contributed by atoms with Crippen LogP contribution in [0.2, 0.25) is 0 Å². The average Bonchev–Trinajstić information content (AvgIpc) is 2.95. The van der Waals surface area contributed by atoms with Gasteiger partial charge in [-0.15, -0.1) is 11.3 Å². The fraction of sp³-hybridized carbons (Fsp3) is 0.500. The van der Waals surface area contributed by atoms with Crippen LogP contribution >= 0.6 is 11.3 Å². The van der Waals surface area contributed by atoms with Crippen molar-refractivity contribution >= 4 is 32.1 Å². The Labute approximate surface area is 114 Å². The lowest BCUT2D eigenvalue weighted by atomic mass is 10.2. The number of fused-ring (bicyclic) bond motifs is 1. The van der Waals surface area contributed by atoms with Crippen LogP contribution in [0.1, 0.15) is 13.3 Å². The first-order valence-electron chi connectivity index (χ1n) is 5.84. The van der Waals surface area contributed by atoms with E-state index in [0.717, 1.165) is 0 Å². The number of anilines is 1. The Bertz CT molecular complexity index is 705. The topological polar surface area (TPSA) is 98.7 Å². The fourth-order valence-electron chi connectivity index (χ4n) is 2.19. The molecular weight excluding hydrogens is 288 g/mol. The molecule has 0 radical (unpaired) electrons. The normalized spacial score (nSPS) is 24.3. The van der Waals surface area contributed by atoms with Gasteiger partial charge in [0, 0.05) is 18.2 Å². The van der Waals surface area contributed by atoms with Crippen LogP contribution in [0.5, 0.6) is 0 Å². The maximum absolute atomic E-state index is 12.4. The molecular formula is C10H14N4O3S2. The van der Waals surface area contributed by atoms with Crippen molar-refractivity contribution in [2.75, 3.05) is 12.3 Å². The second kappa shape index (κ2) is 4.44. The van der Waals surface area contributed by atoms with Gasteiger partial charge in [0.05, 0.1) is 12.1 Å². The van der Waals surface area contributed by atoms with E-state index in [-0.39, 0.29) is 23.0 Å². The predicted octanol–water partition coefficient (Wildman–Crippen LogP) is 0.434. The van der Waals surface area contributed by atoms with Gasteiger partial charge in [0.1, 0.15) is 0 Å². The largest absolute Gasteiger partial charge is 0.381 e. The van der Waals surface area contributed by atoms with Gasteiger partial charge in [-0.25, -0.2) is 18.1 Å². The van der Waals surface area contributed by atoms with Crippen LogP contribution in [0.3, 0.4) is 0 Å². The summed E-state index contributed by atoms with van der Waals surface area (Å²) in [5.74, 6) is 0.0194. The summed E-state index contributed by atoms with van der Waals surface area (Å²) in [4.78, 5) is 4.61. The van der Waals surface area contributed by atoms with E-state index in [2.05, 4.69) is 9.71 Å². The Morgan fingerprint density at radius 1 is 1.63 bits per heavy atom. The molecule has 3 N–H and O–H groups in total. The molecule has 2 aromatic heterocycles. The van der Waals surface area contributed by atoms with E-state index in [1.807, 2.05) is 6.92 Å². The lowest BCUT2D eigenvalue weighted by Gasteiger charge is -2.15. The number of sulfonamides is 1. The fourth-order valence-corrected chi connectivity index (χ4v) is 4.52. The average molecular weight is 302 g/mol. The van der Waals surface area contributed by atoms with Gasteiger partial charge in [-0.2, -0.15) is 0 Å². The van der Waals surface area contributed by atoms with Gasteiger partial charge in [0.15, 0.2) is 15.8 Å². The summed E-state index contributed by atoms with van der Waals surface area (Å²) < 4.78 is 34.3. The first-order chi connectivity index (χ1) is 8.99. The van der Waals surface area contributed by atoms with Crippen molar-refractivity contribution < 1.29 is 13.2 Å². The molecule has 0 aromatic carbocycles. The van der Waals surface area contributed by atoms with Gasteiger partial charge in [0.2, 0.25) is 0 Å². The standard InChI is InChI=1S/C10H14N4O3S2/c1-6-7(2-4-17-6)13-19(15,16)9-8(11)12-10-14(9)3-5-18-10/h3,5-7,13H,2,4,11H2,1H3. The summed E-state index contributed by atoms with van der Waals surface area (Å²) in [5, 5.41) is 1.77. The van der Waals surface area contributed by atoms with Crippen LogP contribution in [-0.2, 0) is 14.8 Å². The molecule has 0 aliphatic carbocycles. The van der Waals surface area contributed by atoms with Gasteiger partial charge in [-0.1, -0.05) is 0 Å². The third-order valence-corrected chi connectivity index (χ3v) is 5.47. The monoisotopic (exact) mass is 302 g/mol. The van der Waals surface area contributed by atoms with Crippen LogP contribution in [0.25, 0.3) is 4.96 Å². The molecule has 2 unspecified atom stereocenters. The smallest absolute Gasteiger partial charge is 0.260 e. The van der Waals surface area contributed by atoms with Gasteiger partial charge < -0.3 is 10.5 Å². The molecule has 0 amide bonds. The molecule has 3 rings (SSSR count). The number of hydrogen-bond acceptors (Lipinski definition) is 6. The van der Waals surface area contributed by atoms with Crippen molar-refractivity contribution in [3.8, 4) is 0 Å².